The van der Waals surface area contributed by atoms with Crippen molar-refractivity contribution < 1.29 is 9.85 Å². The molecule has 0 spiro atoms. The molecule has 0 fully saturated rings. The van der Waals surface area contributed by atoms with Gasteiger partial charge in [-0.05, 0) is 25.1 Å². The van der Waals surface area contributed by atoms with Crippen LogP contribution in [-0.2, 0) is 0 Å². The van der Waals surface area contributed by atoms with E-state index in [1.807, 2.05) is 31.2 Å². The van der Waals surface area contributed by atoms with Crippen molar-refractivity contribution >= 4 is 35.0 Å². The summed E-state index contributed by atoms with van der Waals surface area (Å²) in [5.74, 6) is 0.581. The first-order valence-corrected chi connectivity index (χ1v) is 7.86. The first kappa shape index (κ1) is 17.4. The van der Waals surface area contributed by atoms with Crippen LogP contribution in [-0.4, -0.2) is 21.8 Å². The van der Waals surface area contributed by atoms with Gasteiger partial charge < -0.3 is 0 Å². The van der Waals surface area contributed by atoms with Gasteiger partial charge in [-0.25, -0.2) is 0 Å². The standard InChI is InChI=1S/C15H14N4O4S/c1-11-3-2-4-13(9-11)24-8-7-16-17-14-6-5-12(18(20)21)10-15(14)19(22)23/h2-7,9-10,17H,8H2,1H3/b16-7-. The molecule has 2 aromatic carbocycles. The topological polar surface area (TPSA) is 111 Å². The molecule has 2 rings (SSSR count). The van der Waals surface area contributed by atoms with Crippen LogP contribution in [0.25, 0.3) is 0 Å². The van der Waals surface area contributed by atoms with Gasteiger partial charge in [0.25, 0.3) is 5.69 Å². The summed E-state index contributed by atoms with van der Waals surface area (Å²) in [7, 11) is 0. The molecule has 0 saturated carbocycles. The third kappa shape index (κ3) is 4.78. The number of nitro benzene ring substituents is 2. The third-order valence-electron chi connectivity index (χ3n) is 2.98. The second kappa shape index (κ2) is 8.06. The van der Waals surface area contributed by atoms with Crippen LogP contribution in [0, 0.1) is 27.2 Å². The third-order valence-corrected chi connectivity index (χ3v) is 3.88. The number of hydrogen-bond donors (Lipinski definition) is 1. The summed E-state index contributed by atoms with van der Waals surface area (Å²) in [6.45, 7) is 2.01. The summed E-state index contributed by atoms with van der Waals surface area (Å²) in [6.07, 6.45) is 1.58. The van der Waals surface area contributed by atoms with Crippen molar-refractivity contribution in [1.29, 1.82) is 0 Å². The second-order valence-corrected chi connectivity index (χ2v) is 5.86. The number of thioether (sulfide) groups is 1. The molecular weight excluding hydrogens is 332 g/mol. The van der Waals surface area contributed by atoms with Gasteiger partial charge in [-0.1, -0.05) is 17.7 Å². The van der Waals surface area contributed by atoms with Crippen molar-refractivity contribution in [2.75, 3.05) is 11.2 Å². The molecule has 0 aliphatic heterocycles. The minimum absolute atomic E-state index is 0.0994. The van der Waals surface area contributed by atoms with Gasteiger partial charge in [0.1, 0.15) is 5.69 Å². The molecule has 0 unspecified atom stereocenters. The molecule has 9 heteroatoms. The molecular formula is C15H14N4O4S. The average molecular weight is 346 g/mol. The zero-order valence-corrected chi connectivity index (χ0v) is 13.5. The molecule has 124 valence electrons. The smallest absolute Gasteiger partial charge is 0.272 e. The molecule has 24 heavy (non-hydrogen) atoms. The lowest BCUT2D eigenvalue weighted by Gasteiger charge is -2.02. The van der Waals surface area contributed by atoms with E-state index in [9.17, 15) is 20.2 Å². The maximum Gasteiger partial charge on any atom is 0.301 e. The highest BCUT2D eigenvalue weighted by molar-refractivity contribution is 7.99. The van der Waals surface area contributed by atoms with Crippen LogP contribution in [0.4, 0.5) is 17.1 Å². The summed E-state index contributed by atoms with van der Waals surface area (Å²) in [5, 5.41) is 25.6. The van der Waals surface area contributed by atoms with Gasteiger partial charge >= 0.3 is 5.69 Å². The fourth-order valence-corrected chi connectivity index (χ4v) is 2.66. The van der Waals surface area contributed by atoms with Crippen molar-refractivity contribution in [3.8, 4) is 0 Å². The first-order chi connectivity index (χ1) is 11.5. The predicted molar refractivity (Wildman–Crippen MR) is 93.8 cm³/mol. The summed E-state index contributed by atoms with van der Waals surface area (Å²) >= 11 is 1.57. The van der Waals surface area contributed by atoms with E-state index >= 15 is 0 Å². The van der Waals surface area contributed by atoms with E-state index in [0.29, 0.717) is 5.75 Å². The number of nitrogens with zero attached hydrogens (tertiary/aromatic N) is 3. The van der Waals surface area contributed by atoms with Crippen molar-refractivity contribution in [3.63, 3.8) is 0 Å². The Hall–Kier alpha value is -2.94. The number of hydrazone groups is 1. The molecule has 2 aromatic rings. The highest BCUT2D eigenvalue weighted by Gasteiger charge is 2.18. The quantitative estimate of drug-likeness (QED) is 0.351. The predicted octanol–water partition coefficient (Wildman–Crippen LogP) is 4.00. The van der Waals surface area contributed by atoms with Gasteiger partial charge in [-0.2, -0.15) is 5.10 Å². The molecule has 0 bridgehead atoms. The lowest BCUT2D eigenvalue weighted by Crippen LogP contribution is -1.98. The van der Waals surface area contributed by atoms with Gasteiger partial charge in [0.15, 0.2) is 0 Å². The Morgan fingerprint density at radius 1 is 1.17 bits per heavy atom. The van der Waals surface area contributed by atoms with Crippen LogP contribution < -0.4 is 5.43 Å². The lowest BCUT2D eigenvalue weighted by atomic mass is 10.2. The van der Waals surface area contributed by atoms with Crippen LogP contribution in [0.1, 0.15) is 5.56 Å². The minimum Gasteiger partial charge on any atom is -0.272 e. The lowest BCUT2D eigenvalue weighted by molar-refractivity contribution is -0.393. The molecule has 0 saturated heterocycles. The van der Waals surface area contributed by atoms with Crippen molar-refractivity contribution in [1.82, 2.24) is 0 Å². The number of aryl methyl sites for hydroxylation is 1. The Kier molecular flexibility index (Phi) is 5.85. The average Bonchev–Trinajstić information content (AvgIpc) is 2.54. The number of hydrogen-bond acceptors (Lipinski definition) is 7. The fraction of sp³-hybridized carbons (Fsp3) is 0.133. The highest BCUT2D eigenvalue weighted by atomic mass is 32.2. The molecule has 0 radical (unpaired) electrons. The van der Waals surface area contributed by atoms with Crippen LogP contribution in [0.15, 0.2) is 52.5 Å². The van der Waals surface area contributed by atoms with E-state index in [1.54, 1.807) is 18.0 Å². The molecule has 8 nitrogen and oxygen atoms in total. The molecule has 0 heterocycles. The van der Waals surface area contributed by atoms with E-state index in [-0.39, 0.29) is 11.4 Å². The second-order valence-electron chi connectivity index (χ2n) is 4.77. The number of nitrogens with one attached hydrogen (secondary N) is 1. The van der Waals surface area contributed by atoms with Crippen LogP contribution in [0.3, 0.4) is 0 Å². The van der Waals surface area contributed by atoms with E-state index < -0.39 is 15.5 Å². The van der Waals surface area contributed by atoms with Gasteiger partial charge in [0.2, 0.25) is 0 Å². The Labute approximate surface area is 141 Å². The van der Waals surface area contributed by atoms with E-state index in [4.69, 9.17) is 0 Å². The van der Waals surface area contributed by atoms with Crippen LogP contribution in [0.2, 0.25) is 0 Å². The van der Waals surface area contributed by atoms with Crippen molar-refractivity contribution in [2.45, 2.75) is 11.8 Å². The monoisotopic (exact) mass is 346 g/mol. The number of nitro groups is 2. The minimum atomic E-state index is -0.688. The molecule has 0 aliphatic carbocycles. The number of non-ortho nitro benzene ring substituents is 1. The van der Waals surface area contributed by atoms with Gasteiger partial charge in [0, 0.05) is 22.9 Å². The van der Waals surface area contributed by atoms with Crippen molar-refractivity contribution in [2.24, 2.45) is 5.10 Å². The Morgan fingerprint density at radius 2 is 1.96 bits per heavy atom. The molecule has 0 atom stereocenters. The Morgan fingerprint density at radius 3 is 2.62 bits per heavy atom. The number of anilines is 1. The number of rotatable bonds is 7. The van der Waals surface area contributed by atoms with Gasteiger partial charge in [-0.3, -0.25) is 25.7 Å². The highest BCUT2D eigenvalue weighted by Crippen LogP contribution is 2.28. The zero-order chi connectivity index (χ0) is 17.5. The summed E-state index contributed by atoms with van der Waals surface area (Å²) < 4.78 is 0. The van der Waals surface area contributed by atoms with E-state index in [0.717, 1.165) is 16.5 Å². The van der Waals surface area contributed by atoms with Crippen LogP contribution >= 0.6 is 11.8 Å². The molecule has 1 N–H and O–H groups in total. The number of benzene rings is 2. The van der Waals surface area contributed by atoms with Crippen LogP contribution in [0.5, 0.6) is 0 Å². The zero-order valence-electron chi connectivity index (χ0n) is 12.7. The molecule has 0 amide bonds. The van der Waals surface area contributed by atoms with Crippen molar-refractivity contribution in [3.05, 3.63) is 68.3 Å². The largest absolute Gasteiger partial charge is 0.301 e. The maximum absolute atomic E-state index is 11.0. The maximum atomic E-state index is 11.0. The van der Waals surface area contributed by atoms with E-state index in [1.165, 1.54) is 12.1 Å². The molecule has 0 aromatic heterocycles. The Balaban J connectivity index is 1.98. The fourth-order valence-electron chi connectivity index (χ4n) is 1.87. The first-order valence-electron chi connectivity index (χ1n) is 6.87. The summed E-state index contributed by atoms with van der Waals surface area (Å²) in [4.78, 5) is 21.4. The van der Waals surface area contributed by atoms with E-state index in [2.05, 4.69) is 10.5 Å². The SMILES string of the molecule is Cc1cccc(SC/C=N\Nc2ccc([N+](=O)[O-])cc2[N+](=O)[O-])c1. The Bertz CT molecular complexity index is 795. The van der Waals surface area contributed by atoms with Gasteiger partial charge in [-0.15, -0.1) is 11.8 Å². The normalized spacial score (nSPS) is 10.7. The summed E-state index contributed by atoms with van der Waals surface area (Å²) in [6, 6.07) is 11.4. The van der Waals surface area contributed by atoms with Gasteiger partial charge in [0.05, 0.1) is 15.9 Å². The molecule has 0 aliphatic rings. The summed E-state index contributed by atoms with van der Waals surface area (Å²) in [5.41, 5.74) is 3.08.